The van der Waals surface area contributed by atoms with E-state index < -0.39 is 0 Å². The highest BCUT2D eigenvalue weighted by atomic mass is 35.5. The Kier molecular flexibility index (Phi) is 3.69. The summed E-state index contributed by atoms with van der Waals surface area (Å²) in [6.07, 6.45) is 1.46. The number of hydrogen-bond donors (Lipinski definition) is 1. The zero-order chi connectivity index (χ0) is 12.4. The van der Waals surface area contributed by atoms with E-state index in [1.165, 1.54) is 0 Å². The summed E-state index contributed by atoms with van der Waals surface area (Å²) in [6.45, 7) is 3.65. The van der Waals surface area contributed by atoms with Crippen molar-refractivity contribution in [3.05, 3.63) is 28.3 Å². The molecule has 0 saturated heterocycles. The normalized spacial score (nSPS) is 14.3. The van der Waals surface area contributed by atoms with Crippen molar-refractivity contribution in [2.45, 2.75) is 19.8 Å². The van der Waals surface area contributed by atoms with E-state index in [1.54, 1.807) is 0 Å². The second-order valence-corrected chi connectivity index (χ2v) is 4.77. The summed E-state index contributed by atoms with van der Waals surface area (Å²) in [6, 6.07) is 3.83. The minimum Gasteiger partial charge on any atom is -0.320 e. The Hall–Kier alpha value is -1.06. The van der Waals surface area contributed by atoms with Gasteiger partial charge in [0.15, 0.2) is 0 Å². The van der Waals surface area contributed by atoms with Gasteiger partial charge in [-0.05, 0) is 44.1 Å². The van der Waals surface area contributed by atoms with Crippen LogP contribution in [0.2, 0.25) is 5.02 Å². The third kappa shape index (κ3) is 2.31. The van der Waals surface area contributed by atoms with Gasteiger partial charge in [-0.3, -0.25) is 4.79 Å². The van der Waals surface area contributed by atoms with E-state index in [0.717, 1.165) is 41.3 Å². The number of fused-ring (bicyclic) bond motifs is 1. The number of nitrogens with one attached hydrogen (secondary N) is 1. The van der Waals surface area contributed by atoms with E-state index in [9.17, 15) is 4.79 Å². The minimum atomic E-state index is 0.182. The molecule has 17 heavy (non-hydrogen) atoms. The van der Waals surface area contributed by atoms with Gasteiger partial charge >= 0.3 is 0 Å². The topological polar surface area (TPSA) is 32.3 Å². The van der Waals surface area contributed by atoms with Gasteiger partial charge in [0.2, 0.25) is 5.91 Å². The quantitative estimate of drug-likeness (QED) is 0.833. The van der Waals surface area contributed by atoms with Crippen molar-refractivity contribution in [2.24, 2.45) is 0 Å². The van der Waals surface area contributed by atoms with Crippen LogP contribution in [-0.4, -0.2) is 26.0 Å². The van der Waals surface area contributed by atoms with Crippen molar-refractivity contribution < 1.29 is 4.79 Å². The number of benzene rings is 1. The van der Waals surface area contributed by atoms with Gasteiger partial charge in [0.25, 0.3) is 0 Å². The smallest absolute Gasteiger partial charge is 0.231 e. The minimum absolute atomic E-state index is 0.182. The zero-order valence-corrected chi connectivity index (χ0v) is 11.0. The molecule has 2 rings (SSSR count). The van der Waals surface area contributed by atoms with Crippen molar-refractivity contribution in [2.75, 3.05) is 25.0 Å². The number of carbonyl (C=O) groups excluding carboxylic acids is 1. The molecule has 0 radical (unpaired) electrons. The maximum Gasteiger partial charge on any atom is 0.231 e. The third-order valence-corrected chi connectivity index (χ3v) is 3.58. The molecule has 0 bridgehead atoms. The average molecular weight is 253 g/mol. The standard InChI is InChI=1S/C13H17ClN2O/c1-9-11(14)5-4-10-8-12(17)16(13(9)10)7-3-6-15-2/h4-5,15H,3,6-8H2,1-2H3. The van der Waals surface area contributed by atoms with Crippen molar-refractivity contribution in [3.8, 4) is 0 Å². The van der Waals surface area contributed by atoms with Gasteiger partial charge in [0.1, 0.15) is 0 Å². The van der Waals surface area contributed by atoms with Crippen LogP contribution in [0, 0.1) is 6.92 Å². The molecule has 0 spiro atoms. The average Bonchev–Trinajstić information content (AvgIpc) is 2.62. The van der Waals surface area contributed by atoms with Crippen LogP contribution in [0.5, 0.6) is 0 Å². The highest BCUT2D eigenvalue weighted by molar-refractivity contribution is 6.32. The predicted molar refractivity (Wildman–Crippen MR) is 70.8 cm³/mol. The number of nitrogens with zero attached hydrogens (tertiary/aromatic N) is 1. The molecule has 1 heterocycles. The lowest BCUT2D eigenvalue weighted by Crippen LogP contribution is -2.30. The Balaban J connectivity index is 2.26. The van der Waals surface area contributed by atoms with E-state index in [1.807, 2.05) is 31.0 Å². The summed E-state index contributed by atoms with van der Waals surface area (Å²) >= 11 is 6.12. The van der Waals surface area contributed by atoms with Gasteiger partial charge in [-0.1, -0.05) is 17.7 Å². The molecular formula is C13H17ClN2O. The molecule has 0 unspecified atom stereocenters. The lowest BCUT2D eigenvalue weighted by molar-refractivity contribution is -0.117. The van der Waals surface area contributed by atoms with E-state index in [2.05, 4.69) is 5.32 Å². The molecule has 1 amide bonds. The molecule has 92 valence electrons. The molecule has 1 aromatic carbocycles. The first-order valence-electron chi connectivity index (χ1n) is 5.88. The molecule has 0 aromatic heterocycles. The Morgan fingerprint density at radius 2 is 2.24 bits per heavy atom. The second-order valence-electron chi connectivity index (χ2n) is 4.36. The Labute approximate surface area is 107 Å². The van der Waals surface area contributed by atoms with Crippen molar-refractivity contribution in [1.82, 2.24) is 5.32 Å². The van der Waals surface area contributed by atoms with Gasteiger partial charge in [-0.15, -0.1) is 0 Å². The first-order valence-corrected chi connectivity index (χ1v) is 6.26. The molecule has 4 heteroatoms. The summed E-state index contributed by atoms with van der Waals surface area (Å²) in [7, 11) is 1.92. The second kappa shape index (κ2) is 5.07. The Morgan fingerprint density at radius 3 is 2.94 bits per heavy atom. The number of carbonyl (C=O) groups is 1. The summed E-state index contributed by atoms with van der Waals surface area (Å²) in [5.74, 6) is 0.182. The highest BCUT2D eigenvalue weighted by Gasteiger charge is 2.28. The molecule has 1 aliphatic rings. The van der Waals surface area contributed by atoms with Crippen LogP contribution in [0.3, 0.4) is 0 Å². The van der Waals surface area contributed by atoms with Crippen LogP contribution >= 0.6 is 11.6 Å². The van der Waals surface area contributed by atoms with Gasteiger partial charge in [0, 0.05) is 11.6 Å². The van der Waals surface area contributed by atoms with Crippen LogP contribution in [0.15, 0.2) is 12.1 Å². The fourth-order valence-electron chi connectivity index (χ4n) is 2.28. The molecule has 0 saturated carbocycles. The molecule has 3 nitrogen and oxygen atoms in total. The largest absolute Gasteiger partial charge is 0.320 e. The SMILES string of the molecule is CNCCCN1C(=O)Cc2ccc(Cl)c(C)c21. The molecule has 0 fully saturated rings. The van der Waals surface area contributed by atoms with E-state index >= 15 is 0 Å². The van der Waals surface area contributed by atoms with E-state index in [0.29, 0.717) is 6.42 Å². The molecule has 1 aliphatic heterocycles. The van der Waals surface area contributed by atoms with Gasteiger partial charge in [-0.2, -0.15) is 0 Å². The van der Waals surface area contributed by atoms with Gasteiger partial charge < -0.3 is 10.2 Å². The molecule has 1 aromatic rings. The maximum absolute atomic E-state index is 12.0. The molecule has 0 atom stereocenters. The fourth-order valence-corrected chi connectivity index (χ4v) is 2.44. The predicted octanol–water partition coefficient (Wildman–Crippen LogP) is 2.15. The van der Waals surface area contributed by atoms with E-state index in [-0.39, 0.29) is 5.91 Å². The van der Waals surface area contributed by atoms with Crippen LogP contribution in [0.4, 0.5) is 5.69 Å². The van der Waals surface area contributed by atoms with Crippen LogP contribution < -0.4 is 10.2 Å². The van der Waals surface area contributed by atoms with Crippen molar-refractivity contribution in [3.63, 3.8) is 0 Å². The highest BCUT2D eigenvalue weighted by Crippen LogP contribution is 2.35. The third-order valence-electron chi connectivity index (χ3n) is 3.17. The van der Waals surface area contributed by atoms with Gasteiger partial charge in [0.05, 0.1) is 12.1 Å². The summed E-state index contributed by atoms with van der Waals surface area (Å²) < 4.78 is 0. The number of halogens is 1. The maximum atomic E-state index is 12.0. The summed E-state index contributed by atoms with van der Waals surface area (Å²) in [4.78, 5) is 13.8. The Bertz CT molecular complexity index is 445. The number of amides is 1. The van der Waals surface area contributed by atoms with Gasteiger partial charge in [-0.25, -0.2) is 0 Å². The summed E-state index contributed by atoms with van der Waals surface area (Å²) in [5, 5.41) is 3.83. The van der Waals surface area contributed by atoms with Crippen molar-refractivity contribution in [1.29, 1.82) is 0 Å². The molecular weight excluding hydrogens is 236 g/mol. The first-order chi connectivity index (χ1) is 8.15. The molecule has 1 N–H and O–H groups in total. The van der Waals surface area contributed by atoms with Crippen LogP contribution in [0.1, 0.15) is 17.5 Å². The Morgan fingerprint density at radius 1 is 1.47 bits per heavy atom. The monoisotopic (exact) mass is 252 g/mol. The van der Waals surface area contributed by atoms with Crippen LogP contribution in [-0.2, 0) is 11.2 Å². The fraction of sp³-hybridized carbons (Fsp3) is 0.462. The summed E-state index contributed by atoms with van der Waals surface area (Å²) in [5.41, 5.74) is 3.14. The molecule has 0 aliphatic carbocycles. The number of anilines is 1. The van der Waals surface area contributed by atoms with Crippen molar-refractivity contribution >= 4 is 23.2 Å². The van der Waals surface area contributed by atoms with E-state index in [4.69, 9.17) is 11.6 Å². The zero-order valence-electron chi connectivity index (χ0n) is 10.2. The first kappa shape index (κ1) is 12.4. The number of hydrogen-bond acceptors (Lipinski definition) is 2. The lowest BCUT2D eigenvalue weighted by atomic mass is 10.1. The number of rotatable bonds is 4. The van der Waals surface area contributed by atoms with Crippen LogP contribution in [0.25, 0.3) is 0 Å². The lowest BCUT2D eigenvalue weighted by Gasteiger charge is -2.19.